The largest absolute Gasteiger partial charge is 0.278 e. The van der Waals surface area contributed by atoms with Crippen molar-refractivity contribution in [2.24, 2.45) is 0 Å². The maximum absolute atomic E-state index is 5.48. The topological polar surface area (TPSA) is 30.7 Å². The van der Waals surface area contributed by atoms with Gasteiger partial charge in [0.15, 0.2) is 8.07 Å². The molecule has 0 N–H and O–H groups in total. The predicted molar refractivity (Wildman–Crippen MR) is 236 cm³/mol. The van der Waals surface area contributed by atoms with Gasteiger partial charge in [0.25, 0.3) is 0 Å². The van der Waals surface area contributed by atoms with E-state index in [9.17, 15) is 0 Å². The van der Waals surface area contributed by atoms with E-state index >= 15 is 0 Å². The van der Waals surface area contributed by atoms with Crippen molar-refractivity contribution < 1.29 is 0 Å². The zero-order valence-corrected chi connectivity index (χ0v) is 31.7. The summed E-state index contributed by atoms with van der Waals surface area (Å²) in [6, 6.07) is 80.8. The Kier molecular flexibility index (Phi) is 8.51. The van der Waals surface area contributed by atoms with Crippen LogP contribution >= 0.6 is 0 Å². The molecular formula is C52H37N3Si. The van der Waals surface area contributed by atoms with Crippen molar-refractivity contribution in [3.63, 3.8) is 0 Å². The van der Waals surface area contributed by atoms with Crippen LogP contribution in [-0.4, -0.2) is 22.6 Å². The number of benzene rings is 8. The summed E-state index contributed by atoms with van der Waals surface area (Å²) < 4.78 is 2.24. The van der Waals surface area contributed by atoms with Crippen LogP contribution in [0.15, 0.2) is 224 Å². The Morgan fingerprint density at radius 1 is 0.304 bits per heavy atom. The number of hydrogen-bond donors (Lipinski definition) is 0. The van der Waals surface area contributed by atoms with Gasteiger partial charge < -0.3 is 0 Å². The molecule has 0 radical (unpaired) electrons. The average molecular weight is 732 g/mol. The highest BCUT2D eigenvalue weighted by Gasteiger charge is 2.41. The fourth-order valence-electron chi connectivity index (χ4n) is 8.41. The summed E-state index contributed by atoms with van der Waals surface area (Å²) in [5.41, 5.74) is 8.30. The van der Waals surface area contributed by atoms with Crippen LogP contribution in [0.25, 0.3) is 61.4 Å². The molecule has 2 heterocycles. The molecule has 56 heavy (non-hydrogen) atoms. The lowest BCUT2D eigenvalue weighted by atomic mass is 10.0. The van der Waals surface area contributed by atoms with Crippen LogP contribution in [-0.2, 0) is 0 Å². The molecule has 0 atom stereocenters. The first kappa shape index (κ1) is 33.4. The molecule has 3 nitrogen and oxygen atoms in total. The lowest BCUT2D eigenvalue weighted by Gasteiger charge is -2.34. The van der Waals surface area contributed by atoms with Gasteiger partial charge in [-0.3, -0.25) is 4.57 Å². The molecule has 0 amide bonds. The Bertz CT molecular complexity index is 2850. The van der Waals surface area contributed by atoms with Gasteiger partial charge >= 0.3 is 0 Å². The minimum Gasteiger partial charge on any atom is -0.278 e. The third-order valence-electron chi connectivity index (χ3n) is 11.0. The number of fused-ring (bicyclic) bond motifs is 3. The van der Waals surface area contributed by atoms with Crippen molar-refractivity contribution in [2.75, 3.05) is 0 Å². The fourth-order valence-corrected chi connectivity index (χ4v) is 13.2. The first-order valence-electron chi connectivity index (χ1n) is 19.1. The lowest BCUT2D eigenvalue weighted by molar-refractivity contribution is 0.996. The molecule has 0 aliphatic rings. The minimum absolute atomic E-state index is 0.640. The quantitative estimate of drug-likeness (QED) is 0.115. The van der Waals surface area contributed by atoms with Crippen LogP contribution in [0.3, 0.4) is 0 Å². The van der Waals surface area contributed by atoms with Gasteiger partial charge in [0.2, 0.25) is 5.95 Å². The summed E-state index contributed by atoms with van der Waals surface area (Å²) in [4.78, 5) is 10.8. The van der Waals surface area contributed by atoms with Crippen LogP contribution in [0.4, 0.5) is 0 Å². The van der Waals surface area contributed by atoms with E-state index in [1.54, 1.807) is 0 Å². The van der Waals surface area contributed by atoms with E-state index in [4.69, 9.17) is 9.97 Å². The predicted octanol–water partition coefficient (Wildman–Crippen LogP) is 9.95. The van der Waals surface area contributed by atoms with Gasteiger partial charge in [-0.2, -0.15) is 0 Å². The molecule has 10 aromatic rings. The summed E-state index contributed by atoms with van der Waals surface area (Å²) in [5.74, 6) is 0.640. The van der Waals surface area contributed by atoms with E-state index < -0.39 is 8.07 Å². The van der Waals surface area contributed by atoms with E-state index in [0.29, 0.717) is 5.95 Å². The normalized spacial score (nSPS) is 11.6. The van der Waals surface area contributed by atoms with Gasteiger partial charge in [0, 0.05) is 21.9 Å². The highest BCUT2D eigenvalue weighted by atomic mass is 28.3. The minimum atomic E-state index is -2.77. The third kappa shape index (κ3) is 5.75. The smallest absolute Gasteiger partial charge is 0.235 e. The van der Waals surface area contributed by atoms with Crippen LogP contribution in [0.1, 0.15) is 0 Å². The monoisotopic (exact) mass is 731 g/mol. The zero-order chi connectivity index (χ0) is 37.3. The second-order valence-electron chi connectivity index (χ2n) is 14.2. The van der Waals surface area contributed by atoms with Crippen LogP contribution < -0.4 is 20.7 Å². The van der Waals surface area contributed by atoms with Gasteiger partial charge in [-0.15, -0.1) is 0 Å². The molecule has 0 saturated heterocycles. The summed E-state index contributed by atoms with van der Waals surface area (Å²) in [5, 5.41) is 7.64. The zero-order valence-electron chi connectivity index (χ0n) is 30.7. The first-order valence-corrected chi connectivity index (χ1v) is 21.1. The molecule has 0 unspecified atom stereocenters. The van der Waals surface area contributed by atoms with Gasteiger partial charge in [-0.1, -0.05) is 206 Å². The van der Waals surface area contributed by atoms with Crippen LogP contribution in [0.2, 0.25) is 0 Å². The molecule has 8 aromatic carbocycles. The van der Waals surface area contributed by atoms with Gasteiger partial charge in [-0.05, 0) is 50.1 Å². The summed E-state index contributed by atoms with van der Waals surface area (Å²) in [6.45, 7) is 0. The molecule has 0 fully saturated rings. The number of nitrogens with zero attached hydrogens (tertiary/aromatic N) is 3. The Balaban J connectivity index is 1.24. The Morgan fingerprint density at radius 3 is 1.38 bits per heavy atom. The Labute approximate surface area is 327 Å². The molecule has 0 saturated carbocycles. The Hall–Kier alpha value is -7.14. The standard InChI is InChI=1S/C52H37N3Si/c1-6-19-38(20-7-1)40-33-34-47-46-31-16-17-32-50(46)55(51(47)36-40)52-53-48(39-21-8-2-9-22-39)37-49(54-52)41-23-18-30-45(35-41)56(42-24-10-3-11-25-42,43-26-12-4-13-27-43)44-28-14-5-15-29-44/h1-37H. The first-order chi connectivity index (χ1) is 27.8. The molecule has 0 aliphatic heterocycles. The second kappa shape index (κ2) is 14.3. The van der Waals surface area contributed by atoms with Crippen molar-refractivity contribution in [3.05, 3.63) is 224 Å². The maximum Gasteiger partial charge on any atom is 0.235 e. The summed E-state index contributed by atoms with van der Waals surface area (Å²) in [7, 11) is -2.77. The SMILES string of the molecule is c1ccc(-c2ccc3c4ccccc4n(-c4nc(-c5ccccc5)cc(-c5cccc([Si](c6ccccc6)(c6ccccc6)c6ccccc6)c5)n4)c3c2)cc1. The fraction of sp³-hybridized carbons (Fsp3) is 0. The maximum atomic E-state index is 5.48. The molecule has 4 heteroatoms. The highest BCUT2D eigenvalue weighted by Crippen LogP contribution is 2.35. The number of hydrogen-bond acceptors (Lipinski definition) is 2. The summed E-state index contributed by atoms with van der Waals surface area (Å²) in [6.07, 6.45) is 0. The van der Waals surface area contributed by atoms with E-state index in [1.807, 2.05) is 0 Å². The average Bonchev–Trinajstić information content (AvgIpc) is 3.62. The molecule has 0 bridgehead atoms. The molecule has 264 valence electrons. The lowest BCUT2D eigenvalue weighted by Crippen LogP contribution is -2.74. The van der Waals surface area contributed by atoms with Crippen LogP contribution in [0, 0.1) is 0 Å². The van der Waals surface area contributed by atoms with Crippen molar-refractivity contribution in [1.82, 2.24) is 14.5 Å². The number of aromatic nitrogens is 3. The number of rotatable bonds is 8. The van der Waals surface area contributed by atoms with E-state index in [-0.39, 0.29) is 0 Å². The summed E-state index contributed by atoms with van der Waals surface area (Å²) >= 11 is 0. The molecule has 10 rings (SSSR count). The van der Waals surface area contributed by atoms with E-state index in [1.165, 1.54) is 37.1 Å². The van der Waals surface area contributed by atoms with E-state index in [0.717, 1.165) is 39.1 Å². The second-order valence-corrected chi connectivity index (χ2v) is 18.0. The van der Waals surface area contributed by atoms with E-state index in [2.05, 4.69) is 229 Å². The Morgan fingerprint density at radius 2 is 0.768 bits per heavy atom. The van der Waals surface area contributed by atoms with Gasteiger partial charge in [0.05, 0.1) is 22.4 Å². The van der Waals surface area contributed by atoms with Crippen molar-refractivity contribution in [2.45, 2.75) is 0 Å². The van der Waals surface area contributed by atoms with Gasteiger partial charge in [-0.25, -0.2) is 9.97 Å². The van der Waals surface area contributed by atoms with Crippen molar-refractivity contribution in [3.8, 4) is 39.6 Å². The molecule has 2 aromatic heterocycles. The van der Waals surface area contributed by atoms with Gasteiger partial charge in [0.1, 0.15) is 0 Å². The molecule has 0 spiro atoms. The van der Waals surface area contributed by atoms with Crippen molar-refractivity contribution >= 4 is 50.6 Å². The highest BCUT2D eigenvalue weighted by molar-refractivity contribution is 7.19. The molecule has 0 aliphatic carbocycles. The third-order valence-corrected chi connectivity index (χ3v) is 15.8. The van der Waals surface area contributed by atoms with Crippen molar-refractivity contribution in [1.29, 1.82) is 0 Å². The van der Waals surface area contributed by atoms with Crippen LogP contribution in [0.5, 0.6) is 0 Å². The molecular weight excluding hydrogens is 695 g/mol. The number of para-hydroxylation sites is 1.